The normalized spacial score (nSPS) is 11.8. The van der Waals surface area contributed by atoms with E-state index in [0.717, 1.165) is 0 Å². The number of carbonyl (C=O) groups excluding carboxylic acids is 1. The lowest BCUT2D eigenvalue weighted by atomic mass is 10.3. The van der Waals surface area contributed by atoms with Gasteiger partial charge in [0.25, 0.3) is 0 Å². The minimum Gasteiger partial charge on any atom is -0.493 e. The molecule has 11 heteroatoms. The van der Waals surface area contributed by atoms with Crippen LogP contribution in [0.5, 0.6) is 11.5 Å². The molecule has 0 atom stereocenters. The van der Waals surface area contributed by atoms with Crippen LogP contribution in [0, 0.1) is 0 Å². The number of sulfonamides is 1. The average molecular weight is 394 g/mol. The highest BCUT2D eigenvalue weighted by Crippen LogP contribution is 2.29. The number of hydrogen-bond donors (Lipinski definition) is 2. The van der Waals surface area contributed by atoms with Crippen LogP contribution < -0.4 is 19.5 Å². The molecule has 0 aliphatic carbocycles. The van der Waals surface area contributed by atoms with Crippen molar-refractivity contribution in [3.63, 3.8) is 0 Å². The number of carbonyl (C=O) groups is 1. The summed E-state index contributed by atoms with van der Waals surface area (Å²) in [5.74, 6) is -0.573. The molecule has 0 aromatic heterocycles. The molecule has 1 amide bonds. The molecule has 0 heterocycles. The van der Waals surface area contributed by atoms with E-state index in [9.17, 15) is 21.6 Å². The van der Waals surface area contributed by atoms with Gasteiger partial charge in [0.1, 0.15) is 0 Å². The molecular formula is C14H22N2O7S2. The molecule has 0 saturated carbocycles. The average Bonchev–Trinajstić information content (AvgIpc) is 2.59. The van der Waals surface area contributed by atoms with E-state index in [1.54, 1.807) is 0 Å². The number of rotatable bonds is 10. The van der Waals surface area contributed by atoms with E-state index in [4.69, 9.17) is 9.47 Å². The van der Waals surface area contributed by atoms with Crippen molar-refractivity contribution in [3.8, 4) is 11.5 Å². The Labute approximate surface area is 147 Å². The van der Waals surface area contributed by atoms with E-state index in [2.05, 4.69) is 10.0 Å². The van der Waals surface area contributed by atoms with Crippen molar-refractivity contribution in [2.45, 2.75) is 11.3 Å². The molecule has 0 saturated heterocycles. The number of nitrogens with one attached hydrogen (secondary N) is 2. The fourth-order valence-electron chi connectivity index (χ4n) is 1.87. The lowest BCUT2D eigenvalue weighted by molar-refractivity contribution is -0.120. The van der Waals surface area contributed by atoms with Crippen LogP contribution in [-0.4, -0.2) is 62.1 Å². The Bertz CT molecular complexity index is 804. The molecule has 9 nitrogen and oxygen atoms in total. The van der Waals surface area contributed by atoms with Gasteiger partial charge in [0.15, 0.2) is 21.3 Å². The summed E-state index contributed by atoms with van der Waals surface area (Å²) in [5.41, 5.74) is 0. The lowest BCUT2D eigenvalue weighted by Crippen LogP contribution is -2.33. The predicted octanol–water partition coefficient (Wildman–Crippen LogP) is -0.467. The zero-order chi connectivity index (χ0) is 19.1. The predicted molar refractivity (Wildman–Crippen MR) is 92.1 cm³/mol. The largest absolute Gasteiger partial charge is 0.493 e. The number of ether oxygens (including phenoxy) is 2. The number of methoxy groups -OCH3 is 2. The highest BCUT2D eigenvalue weighted by Gasteiger charge is 2.19. The number of hydrogen-bond acceptors (Lipinski definition) is 7. The first kappa shape index (κ1) is 21.2. The third kappa shape index (κ3) is 6.52. The summed E-state index contributed by atoms with van der Waals surface area (Å²) in [7, 11) is -3.03. The highest BCUT2D eigenvalue weighted by molar-refractivity contribution is 7.91. The molecule has 1 aromatic rings. The Balaban J connectivity index is 2.65. The van der Waals surface area contributed by atoms with Gasteiger partial charge in [-0.3, -0.25) is 4.79 Å². The summed E-state index contributed by atoms with van der Waals surface area (Å²) < 4.78 is 59.3. The van der Waals surface area contributed by atoms with Gasteiger partial charge in [0, 0.05) is 19.0 Å². The Hall–Kier alpha value is -1.85. The van der Waals surface area contributed by atoms with Gasteiger partial charge in [-0.1, -0.05) is 0 Å². The Morgan fingerprint density at radius 1 is 1.04 bits per heavy atom. The van der Waals surface area contributed by atoms with Crippen LogP contribution >= 0.6 is 0 Å². The summed E-state index contributed by atoms with van der Waals surface area (Å²) in [4.78, 5) is 11.7. The van der Waals surface area contributed by atoms with Gasteiger partial charge in [-0.05, 0) is 19.2 Å². The maximum atomic E-state index is 12.3. The van der Waals surface area contributed by atoms with E-state index in [0.29, 0.717) is 5.75 Å². The second kappa shape index (κ2) is 9.02. The molecule has 2 N–H and O–H groups in total. The highest BCUT2D eigenvalue weighted by atomic mass is 32.2. The van der Waals surface area contributed by atoms with E-state index < -0.39 is 31.5 Å². The molecule has 0 spiro atoms. The Morgan fingerprint density at radius 3 is 2.24 bits per heavy atom. The van der Waals surface area contributed by atoms with Crippen molar-refractivity contribution in [3.05, 3.63) is 18.2 Å². The van der Waals surface area contributed by atoms with Crippen LogP contribution in [0.15, 0.2) is 23.1 Å². The van der Waals surface area contributed by atoms with E-state index in [1.165, 1.54) is 39.5 Å². The van der Waals surface area contributed by atoms with Crippen LogP contribution in [0.25, 0.3) is 0 Å². The number of benzene rings is 1. The Kier molecular flexibility index (Phi) is 7.64. The minimum absolute atomic E-state index is 0.00992. The van der Waals surface area contributed by atoms with Crippen molar-refractivity contribution in [2.75, 3.05) is 39.3 Å². The van der Waals surface area contributed by atoms with Crippen LogP contribution in [0.4, 0.5) is 0 Å². The molecule has 0 aliphatic heterocycles. The smallest absolute Gasteiger partial charge is 0.221 e. The second-order valence-electron chi connectivity index (χ2n) is 4.96. The summed E-state index contributed by atoms with van der Waals surface area (Å²) >= 11 is 0. The Morgan fingerprint density at radius 2 is 1.68 bits per heavy atom. The van der Waals surface area contributed by atoms with Gasteiger partial charge in [-0.15, -0.1) is 0 Å². The van der Waals surface area contributed by atoms with Gasteiger partial charge in [0.05, 0.1) is 30.6 Å². The second-order valence-corrected chi connectivity index (χ2v) is 9.11. The third-order valence-corrected chi connectivity index (χ3v) is 6.39. The first-order valence-electron chi connectivity index (χ1n) is 7.28. The fraction of sp³-hybridized carbons (Fsp3) is 0.500. The van der Waals surface area contributed by atoms with Crippen molar-refractivity contribution in [1.29, 1.82) is 0 Å². The maximum absolute atomic E-state index is 12.3. The quantitative estimate of drug-likeness (QED) is 0.549. The summed E-state index contributed by atoms with van der Waals surface area (Å²) in [5, 5.41) is 2.37. The van der Waals surface area contributed by atoms with E-state index in [-0.39, 0.29) is 29.4 Å². The molecule has 1 aromatic carbocycles. The van der Waals surface area contributed by atoms with Gasteiger partial charge >= 0.3 is 0 Å². The van der Waals surface area contributed by atoms with Crippen LogP contribution in [0.3, 0.4) is 0 Å². The zero-order valence-electron chi connectivity index (χ0n) is 14.2. The molecule has 0 fully saturated rings. The standard InChI is InChI=1S/C14H22N2O7S2/c1-15-25(20,21)9-7-16-14(17)6-8-24(18,19)11-4-5-12(22-2)13(10-11)23-3/h4-5,10,15H,6-9H2,1-3H3,(H,16,17). The van der Waals surface area contributed by atoms with Crippen molar-refractivity contribution in [2.24, 2.45) is 0 Å². The molecule has 0 unspecified atom stereocenters. The molecular weight excluding hydrogens is 372 g/mol. The topological polar surface area (TPSA) is 128 Å². The van der Waals surface area contributed by atoms with Crippen LogP contribution in [-0.2, 0) is 24.7 Å². The van der Waals surface area contributed by atoms with Crippen molar-refractivity contribution < 1.29 is 31.1 Å². The first-order chi connectivity index (χ1) is 11.6. The van der Waals surface area contributed by atoms with Crippen LogP contribution in [0.2, 0.25) is 0 Å². The lowest BCUT2D eigenvalue weighted by Gasteiger charge is -2.10. The van der Waals surface area contributed by atoms with Crippen molar-refractivity contribution in [1.82, 2.24) is 10.0 Å². The van der Waals surface area contributed by atoms with Crippen molar-refractivity contribution >= 4 is 25.8 Å². The summed E-state index contributed by atoms with van der Waals surface area (Å²) in [6.07, 6.45) is -0.281. The fourth-order valence-corrected chi connectivity index (χ4v) is 3.70. The van der Waals surface area contributed by atoms with Gasteiger partial charge < -0.3 is 14.8 Å². The van der Waals surface area contributed by atoms with Crippen LogP contribution in [0.1, 0.15) is 6.42 Å². The monoisotopic (exact) mass is 394 g/mol. The summed E-state index contributed by atoms with van der Waals surface area (Å²) in [6, 6.07) is 4.16. The summed E-state index contributed by atoms with van der Waals surface area (Å²) in [6.45, 7) is -0.0988. The zero-order valence-corrected chi connectivity index (χ0v) is 15.9. The first-order valence-corrected chi connectivity index (χ1v) is 10.6. The van der Waals surface area contributed by atoms with Gasteiger partial charge in [-0.25, -0.2) is 21.6 Å². The molecule has 142 valence electrons. The molecule has 0 radical (unpaired) electrons. The van der Waals surface area contributed by atoms with E-state index in [1.807, 2.05) is 0 Å². The number of sulfone groups is 1. The molecule has 1 rings (SSSR count). The third-order valence-electron chi connectivity index (χ3n) is 3.32. The molecule has 0 aliphatic rings. The van der Waals surface area contributed by atoms with Gasteiger partial charge in [0.2, 0.25) is 15.9 Å². The van der Waals surface area contributed by atoms with Gasteiger partial charge in [-0.2, -0.15) is 0 Å². The SMILES string of the molecule is CNS(=O)(=O)CCNC(=O)CCS(=O)(=O)c1ccc(OC)c(OC)c1. The number of amides is 1. The molecule has 0 bridgehead atoms. The maximum Gasteiger partial charge on any atom is 0.221 e. The molecule has 25 heavy (non-hydrogen) atoms. The van der Waals surface area contributed by atoms with E-state index >= 15 is 0 Å². The minimum atomic E-state index is -3.70.